The van der Waals surface area contributed by atoms with Crippen molar-refractivity contribution >= 4 is 0 Å². The Kier molecular flexibility index (Phi) is 5.23. The zero-order chi connectivity index (χ0) is 7.40. The van der Waals surface area contributed by atoms with Gasteiger partial charge in [0.1, 0.15) is 5.75 Å². The Labute approximate surface area is 82.0 Å². The van der Waals surface area contributed by atoms with Crippen LogP contribution < -0.4 is 4.74 Å². The second-order valence-corrected chi connectivity index (χ2v) is 2.16. The van der Waals surface area contributed by atoms with Crippen LogP contribution in [0.2, 0.25) is 0 Å². The Hall–Kier alpha value is -0.292. The van der Waals surface area contributed by atoms with Crippen LogP contribution in [0.5, 0.6) is 5.75 Å². The molecule has 0 atom stereocenters. The molecule has 0 aromatic heterocycles. The van der Waals surface area contributed by atoms with E-state index in [1.165, 1.54) is 5.56 Å². The summed E-state index contributed by atoms with van der Waals surface area (Å²) in [5.74, 6) is 0.889. The zero-order valence-electron chi connectivity index (χ0n) is 6.54. The first kappa shape index (κ1) is 10.7. The Bertz CT molecular complexity index is 193. The molecular weight excluding hydrogens is 308 g/mol. The van der Waals surface area contributed by atoms with Crippen LogP contribution in [0.15, 0.2) is 24.3 Å². The Morgan fingerprint density at radius 3 is 2.27 bits per heavy atom. The van der Waals surface area contributed by atoms with E-state index >= 15 is 0 Å². The van der Waals surface area contributed by atoms with E-state index in [0.29, 0.717) is 6.61 Å². The molecule has 0 aliphatic rings. The molecule has 0 N–H and O–H groups in total. The number of ether oxygens (including phenoxy) is 1. The van der Waals surface area contributed by atoms with E-state index in [1.807, 2.05) is 31.2 Å². The largest absolute Gasteiger partial charge is 0.525 e. The van der Waals surface area contributed by atoms with E-state index in [4.69, 9.17) is 4.74 Å². The second kappa shape index (κ2) is 5.37. The van der Waals surface area contributed by atoms with Gasteiger partial charge < -0.3 is 11.7 Å². The van der Waals surface area contributed by atoms with Crippen molar-refractivity contribution in [1.82, 2.24) is 0 Å². The average molecular weight is 319 g/mol. The Balaban J connectivity index is 0.000001000. The van der Waals surface area contributed by atoms with Gasteiger partial charge in [-0.3, -0.25) is 0 Å². The van der Waals surface area contributed by atoms with E-state index in [1.54, 1.807) is 0 Å². The van der Waals surface area contributed by atoms with Gasteiger partial charge in [0.2, 0.25) is 0 Å². The van der Waals surface area contributed by atoms with Gasteiger partial charge >= 0.3 is 0 Å². The molecular formula is C9H11OW-. The molecule has 0 fully saturated rings. The molecule has 0 bridgehead atoms. The van der Waals surface area contributed by atoms with E-state index in [2.05, 4.69) is 6.92 Å². The Morgan fingerprint density at radius 2 is 1.82 bits per heavy atom. The molecule has 1 aromatic rings. The number of hydrogen-bond donors (Lipinski definition) is 0. The molecule has 0 unspecified atom stereocenters. The van der Waals surface area contributed by atoms with Gasteiger partial charge in [-0.05, 0) is 25.7 Å². The fraction of sp³-hybridized carbons (Fsp3) is 0.222. The minimum absolute atomic E-state index is 0. The summed E-state index contributed by atoms with van der Waals surface area (Å²) in [6.07, 6.45) is 0. The van der Waals surface area contributed by atoms with Crippen molar-refractivity contribution < 1.29 is 25.8 Å². The molecule has 0 aliphatic carbocycles. The van der Waals surface area contributed by atoms with Crippen LogP contribution in [-0.4, -0.2) is 6.61 Å². The molecule has 1 nitrogen and oxygen atoms in total. The maximum Gasteiger partial charge on any atom is 0.115 e. The van der Waals surface area contributed by atoms with Crippen molar-refractivity contribution in [2.45, 2.75) is 6.92 Å². The number of hydrogen-bond acceptors (Lipinski definition) is 1. The molecule has 0 spiro atoms. The van der Waals surface area contributed by atoms with Crippen LogP contribution in [0.4, 0.5) is 0 Å². The third kappa shape index (κ3) is 3.57. The van der Waals surface area contributed by atoms with Crippen molar-refractivity contribution in [2.75, 3.05) is 6.61 Å². The Morgan fingerprint density at radius 1 is 1.27 bits per heavy atom. The third-order valence-corrected chi connectivity index (χ3v) is 1.29. The molecule has 11 heavy (non-hydrogen) atoms. The van der Waals surface area contributed by atoms with Crippen molar-refractivity contribution in [3.8, 4) is 5.75 Å². The maximum atomic E-state index is 5.15. The average Bonchev–Trinajstić information content (AvgIpc) is 1.95. The van der Waals surface area contributed by atoms with Gasteiger partial charge in [0, 0.05) is 21.1 Å². The van der Waals surface area contributed by atoms with Gasteiger partial charge in [0.15, 0.2) is 0 Å². The predicted octanol–water partition coefficient (Wildman–Crippen LogP) is 2.21. The summed E-state index contributed by atoms with van der Waals surface area (Å²) in [6, 6.07) is 7.93. The van der Waals surface area contributed by atoms with Crippen molar-refractivity contribution in [1.29, 1.82) is 0 Å². The number of benzene rings is 1. The SMILES string of the molecule is [CH2-]COc1ccc(C)cc1.[W]. The second-order valence-electron chi connectivity index (χ2n) is 2.16. The fourth-order valence-electron chi connectivity index (χ4n) is 0.752. The van der Waals surface area contributed by atoms with Gasteiger partial charge in [0.05, 0.1) is 0 Å². The summed E-state index contributed by atoms with van der Waals surface area (Å²) in [6.45, 7) is 6.12. The summed E-state index contributed by atoms with van der Waals surface area (Å²) >= 11 is 0. The first-order valence-electron chi connectivity index (χ1n) is 3.31. The van der Waals surface area contributed by atoms with Crippen molar-refractivity contribution in [3.63, 3.8) is 0 Å². The first-order valence-corrected chi connectivity index (χ1v) is 3.31. The molecule has 60 valence electrons. The van der Waals surface area contributed by atoms with Gasteiger partial charge in [0.25, 0.3) is 0 Å². The topological polar surface area (TPSA) is 9.23 Å². The van der Waals surface area contributed by atoms with E-state index in [9.17, 15) is 0 Å². The molecule has 0 radical (unpaired) electrons. The van der Waals surface area contributed by atoms with Gasteiger partial charge in [-0.2, -0.15) is 0 Å². The smallest absolute Gasteiger partial charge is 0.115 e. The van der Waals surface area contributed by atoms with Crippen LogP contribution in [-0.2, 0) is 21.1 Å². The van der Waals surface area contributed by atoms with Crippen molar-refractivity contribution in [3.05, 3.63) is 36.8 Å². The molecule has 0 saturated heterocycles. The summed E-state index contributed by atoms with van der Waals surface area (Å²) in [4.78, 5) is 0. The van der Waals surface area contributed by atoms with Gasteiger partial charge in [-0.25, -0.2) is 0 Å². The molecule has 0 aliphatic heterocycles. The van der Waals surface area contributed by atoms with Gasteiger partial charge in [-0.15, -0.1) is 0 Å². The molecule has 0 saturated carbocycles. The van der Waals surface area contributed by atoms with Gasteiger partial charge in [-0.1, -0.05) is 17.7 Å². The van der Waals surface area contributed by atoms with Crippen LogP contribution in [0, 0.1) is 13.8 Å². The minimum Gasteiger partial charge on any atom is -0.525 e. The first-order chi connectivity index (χ1) is 4.83. The minimum atomic E-state index is 0. The third-order valence-electron chi connectivity index (χ3n) is 1.29. The molecule has 1 rings (SSSR count). The number of aryl methyl sites for hydroxylation is 1. The van der Waals surface area contributed by atoms with E-state index in [0.717, 1.165) is 5.75 Å². The maximum absolute atomic E-state index is 5.15. The molecule has 1 aromatic carbocycles. The summed E-state index contributed by atoms with van der Waals surface area (Å²) in [5.41, 5.74) is 1.25. The zero-order valence-corrected chi connectivity index (χ0v) is 9.47. The summed E-state index contributed by atoms with van der Waals surface area (Å²) < 4.78 is 5.15. The quantitative estimate of drug-likeness (QED) is 0.760. The van der Waals surface area contributed by atoms with E-state index < -0.39 is 0 Å². The normalized spacial score (nSPS) is 8.55. The summed E-state index contributed by atoms with van der Waals surface area (Å²) in [5, 5.41) is 0. The van der Waals surface area contributed by atoms with Crippen molar-refractivity contribution in [2.24, 2.45) is 0 Å². The summed E-state index contributed by atoms with van der Waals surface area (Å²) in [7, 11) is 0. The standard InChI is InChI=1S/C9H11O.W/c1-3-10-9-6-4-8(2)5-7-9;/h4-7H,1,3H2,2H3;/q-1;. The van der Waals surface area contributed by atoms with Crippen LogP contribution in [0.25, 0.3) is 0 Å². The van der Waals surface area contributed by atoms with E-state index in [-0.39, 0.29) is 21.1 Å². The fourth-order valence-corrected chi connectivity index (χ4v) is 0.752. The number of rotatable bonds is 2. The van der Waals surface area contributed by atoms with Crippen LogP contribution in [0.3, 0.4) is 0 Å². The van der Waals surface area contributed by atoms with Crippen LogP contribution in [0.1, 0.15) is 5.56 Å². The molecule has 0 amide bonds. The molecule has 2 heteroatoms. The monoisotopic (exact) mass is 319 g/mol. The molecule has 0 heterocycles. The van der Waals surface area contributed by atoms with Crippen LogP contribution >= 0.6 is 0 Å². The predicted molar refractivity (Wildman–Crippen MR) is 42.0 cm³/mol.